The molecule has 3 rings (SSSR count). The number of nitrogens with zero attached hydrogens (tertiary/aromatic N) is 2. The van der Waals surface area contributed by atoms with E-state index < -0.39 is 17.3 Å². The second-order valence-corrected chi connectivity index (χ2v) is 7.98. The molecular weight excluding hydrogens is 373 g/mol. The van der Waals surface area contributed by atoms with E-state index in [0.717, 1.165) is 6.07 Å². The van der Waals surface area contributed by atoms with E-state index in [1.807, 2.05) is 32.6 Å². The number of hydrogen-bond acceptors (Lipinski definition) is 4. The summed E-state index contributed by atoms with van der Waals surface area (Å²) in [5.41, 5.74) is -0.467. The molecule has 1 aliphatic rings. The molecular formula is C20H25F3N2O3. The van der Waals surface area contributed by atoms with Gasteiger partial charge in [0.2, 0.25) is 0 Å². The molecule has 0 unspecified atom stereocenters. The van der Waals surface area contributed by atoms with Crippen molar-refractivity contribution in [1.29, 1.82) is 0 Å². The molecule has 0 saturated carbocycles. The maximum atomic E-state index is 13.2. The number of anilines is 1. The van der Waals surface area contributed by atoms with Crippen LogP contribution in [0.3, 0.4) is 0 Å². The van der Waals surface area contributed by atoms with E-state index >= 15 is 0 Å². The first-order chi connectivity index (χ1) is 13.0. The quantitative estimate of drug-likeness (QED) is 0.690. The van der Waals surface area contributed by atoms with Gasteiger partial charge in [0.15, 0.2) is 5.58 Å². The molecule has 5 nitrogen and oxygen atoms in total. The minimum atomic E-state index is -4.44. The largest absolute Gasteiger partial charge is 0.462 e. The molecule has 2 heterocycles. The zero-order valence-electron chi connectivity index (χ0n) is 16.5. The van der Waals surface area contributed by atoms with Crippen molar-refractivity contribution in [2.24, 2.45) is 0 Å². The molecule has 28 heavy (non-hydrogen) atoms. The van der Waals surface area contributed by atoms with E-state index in [-0.39, 0.29) is 23.1 Å². The molecule has 0 N–H and O–H groups in total. The normalized spacial score (nSPS) is 18.6. The third-order valence-electron chi connectivity index (χ3n) is 4.82. The standard InChI is InChI=1S/C20H25F3N2O3/c1-5-13-12-24(9-10-25(13)18(26)28-19(2,3)4)16-7-6-15(20(21,22)23)14-8-11-27-17(14)16/h6-8,11,13H,5,9-10,12H2,1-4H3/t13-/m0/s1. The van der Waals surface area contributed by atoms with Crippen LogP contribution in [0.1, 0.15) is 39.7 Å². The SMILES string of the molecule is CC[C@H]1CN(c2ccc(C(F)(F)F)c3ccoc23)CCN1C(=O)OC(C)(C)C. The molecule has 1 saturated heterocycles. The summed E-state index contributed by atoms with van der Waals surface area (Å²) in [6, 6.07) is 3.78. The predicted molar refractivity (Wildman–Crippen MR) is 100 cm³/mol. The first-order valence-electron chi connectivity index (χ1n) is 9.33. The van der Waals surface area contributed by atoms with E-state index in [0.29, 0.717) is 31.7 Å². The van der Waals surface area contributed by atoms with E-state index in [1.54, 1.807) is 4.90 Å². The molecule has 1 aliphatic heterocycles. The molecule has 0 spiro atoms. The Bertz CT molecular complexity index is 854. The van der Waals surface area contributed by atoms with Crippen molar-refractivity contribution in [1.82, 2.24) is 4.90 Å². The zero-order valence-corrected chi connectivity index (χ0v) is 16.5. The maximum Gasteiger partial charge on any atom is 0.417 e. The number of ether oxygens (including phenoxy) is 1. The Balaban J connectivity index is 1.85. The van der Waals surface area contributed by atoms with E-state index in [9.17, 15) is 18.0 Å². The Morgan fingerprint density at radius 3 is 2.54 bits per heavy atom. The van der Waals surface area contributed by atoms with Crippen LogP contribution in [0.25, 0.3) is 11.0 Å². The number of piperazine rings is 1. The average Bonchev–Trinajstić information content (AvgIpc) is 3.07. The van der Waals surface area contributed by atoms with Crippen LogP contribution in [0, 0.1) is 0 Å². The molecule has 154 valence electrons. The lowest BCUT2D eigenvalue weighted by molar-refractivity contribution is -0.136. The Labute approximate surface area is 162 Å². The lowest BCUT2D eigenvalue weighted by atomic mass is 10.1. The second-order valence-electron chi connectivity index (χ2n) is 7.98. The first-order valence-corrected chi connectivity index (χ1v) is 9.33. The van der Waals surface area contributed by atoms with E-state index in [2.05, 4.69) is 0 Å². The fourth-order valence-corrected chi connectivity index (χ4v) is 3.53. The molecule has 0 bridgehead atoms. The van der Waals surface area contributed by atoms with Gasteiger partial charge in [-0.1, -0.05) is 6.92 Å². The fraction of sp³-hybridized carbons (Fsp3) is 0.550. The molecule has 0 radical (unpaired) electrons. The van der Waals surface area contributed by atoms with Crippen molar-refractivity contribution >= 4 is 22.7 Å². The predicted octanol–water partition coefficient (Wildman–Crippen LogP) is 5.29. The smallest absolute Gasteiger partial charge is 0.417 e. The van der Waals surface area contributed by atoms with Crippen LogP contribution >= 0.6 is 0 Å². The van der Waals surface area contributed by atoms with Gasteiger partial charge in [0, 0.05) is 25.0 Å². The minimum Gasteiger partial charge on any atom is -0.462 e. The van der Waals surface area contributed by atoms with Gasteiger partial charge in [0.05, 0.1) is 23.6 Å². The molecule has 1 amide bonds. The number of benzene rings is 1. The number of furan rings is 1. The Kier molecular flexibility index (Phi) is 5.25. The van der Waals surface area contributed by atoms with Gasteiger partial charge in [-0.15, -0.1) is 0 Å². The topological polar surface area (TPSA) is 45.9 Å². The van der Waals surface area contributed by atoms with Gasteiger partial charge >= 0.3 is 12.3 Å². The van der Waals surface area contributed by atoms with Crippen molar-refractivity contribution in [3.05, 3.63) is 30.0 Å². The third-order valence-corrected chi connectivity index (χ3v) is 4.82. The van der Waals surface area contributed by atoms with Crippen LogP contribution in [0.15, 0.2) is 28.9 Å². The number of carbonyl (C=O) groups is 1. The maximum absolute atomic E-state index is 13.2. The van der Waals surface area contributed by atoms with Crippen LogP contribution in [0.5, 0.6) is 0 Å². The van der Waals surface area contributed by atoms with Crippen molar-refractivity contribution in [3.8, 4) is 0 Å². The lowest BCUT2D eigenvalue weighted by Crippen LogP contribution is -2.56. The monoisotopic (exact) mass is 398 g/mol. The number of rotatable bonds is 2. The minimum absolute atomic E-state index is 0.0487. The van der Waals surface area contributed by atoms with Crippen molar-refractivity contribution < 1.29 is 27.1 Å². The molecule has 2 aromatic rings. The number of amides is 1. The fourth-order valence-electron chi connectivity index (χ4n) is 3.53. The number of carbonyl (C=O) groups excluding carboxylic acids is 1. The summed E-state index contributed by atoms with van der Waals surface area (Å²) in [5, 5.41) is 0.0487. The highest BCUT2D eigenvalue weighted by Gasteiger charge is 2.36. The van der Waals surface area contributed by atoms with Gasteiger partial charge in [0.1, 0.15) is 5.60 Å². The van der Waals surface area contributed by atoms with Gasteiger partial charge in [0.25, 0.3) is 0 Å². The summed E-state index contributed by atoms with van der Waals surface area (Å²) in [5.74, 6) is 0. The molecule has 1 aromatic carbocycles. The highest BCUT2D eigenvalue weighted by molar-refractivity contribution is 5.92. The summed E-state index contributed by atoms with van der Waals surface area (Å²) in [4.78, 5) is 16.2. The number of hydrogen-bond donors (Lipinski definition) is 0. The summed E-state index contributed by atoms with van der Waals surface area (Å²) < 4.78 is 50.6. The summed E-state index contributed by atoms with van der Waals surface area (Å²) in [6.07, 6.45) is -2.83. The van der Waals surface area contributed by atoms with E-state index in [4.69, 9.17) is 9.15 Å². The van der Waals surface area contributed by atoms with Crippen molar-refractivity contribution in [3.63, 3.8) is 0 Å². The Morgan fingerprint density at radius 1 is 1.21 bits per heavy atom. The molecule has 1 aromatic heterocycles. The first kappa shape index (κ1) is 20.4. The van der Waals surface area contributed by atoms with Crippen LogP contribution < -0.4 is 4.90 Å². The van der Waals surface area contributed by atoms with Crippen LogP contribution in [-0.2, 0) is 10.9 Å². The number of halogens is 3. The molecule has 8 heteroatoms. The zero-order chi connectivity index (χ0) is 20.7. The average molecular weight is 398 g/mol. The van der Waals surface area contributed by atoms with Gasteiger partial charge in [-0.05, 0) is 45.4 Å². The van der Waals surface area contributed by atoms with Crippen LogP contribution in [0.2, 0.25) is 0 Å². The number of alkyl halides is 3. The van der Waals surface area contributed by atoms with E-state index in [1.165, 1.54) is 18.4 Å². The van der Waals surface area contributed by atoms with Gasteiger partial charge in [-0.25, -0.2) is 4.79 Å². The van der Waals surface area contributed by atoms with Crippen molar-refractivity contribution in [2.45, 2.75) is 51.9 Å². The Morgan fingerprint density at radius 2 is 1.93 bits per heavy atom. The highest BCUT2D eigenvalue weighted by atomic mass is 19.4. The van der Waals surface area contributed by atoms with Crippen molar-refractivity contribution in [2.75, 3.05) is 24.5 Å². The van der Waals surface area contributed by atoms with Gasteiger partial charge in [-0.2, -0.15) is 13.2 Å². The van der Waals surface area contributed by atoms with Gasteiger partial charge in [-0.3, -0.25) is 0 Å². The molecule has 1 fully saturated rings. The lowest BCUT2D eigenvalue weighted by Gasteiger charge is -2.42. The second kappa shape index (κ2) is 7.22. The summed E-state index contributed by atoms with van der Waals surface area (Å²) in [6.45, 7) is 8.83. The summed E-state index contributed by atoms with van der Waals surface area (Å²) in [7, 11) is 0. The number of fused-ring (bicyclic) bond motifs is 1. The molecule has 0 aliphatic carbocycles. The molecule has 1 atom stereocenters. The van der Waals surface area contributed by atoms with Crippen LogP contribution in [0.4, 0.5) is 23.7 Å². The third kappa shape index (κ3) is 4.05. The van der Waals surface area contributed by atoms with Crippen LogP contribution in [-0.4, -0.2) is 42.3 Å². The Hall–Kier alpha value is -2.38. The highest BCUT2D eigenvalue weighted by Crippen LogP contribution is 2.39. The summed E-state index contributed by atoms with van der Waals surface area (Å²) >= 11 is 0. The van der Waals surface area contributed by atoms with Gasteiger partial charge < -0.3 is 19.0 Å².